The Morgan fingerprint density at radius 3 is 2.20 bits per heavy atom. The third-order valence-electron chi connectivity index (χ3n) is 2.46. The molecule has 0 saturated carbocycles. The maximum absolute atomic E-state index is 6.95. The van der Waals surface area contributed by atoms with Gasteiger partial charge in [-0.3, -0.25) is 0 Å². The van der Waals surface area contributed by atoms with E-state index in [1.165, 1.54) is 11.8 Å². The van der Waals surface area contributed by atoms with E-state index < -0.39 is 0 Å². The van der Waals surface area contributed by atoms with Crippen LogP contribution in [-0.4, -0.2) is 12.8 Å². The molecule has 15 heavy (non-hydrogen) atoms. The molecule has 0 atom stereocenters. The third-order valence-corrected chi connectivity index (χ3v) is 2.46. The molecule has 0 radical (unpaired) electrons. The van der Waals surface area contributed by atoms with E-state index >= 15 is 0 Å². The van der Waals surface area contributed by atoms with E-state index in [2.05, 4.69) is 39.8 Å². The highest BCUT2D eigenvalue weighted by Crippen LogP contribution is 2.27. The van der Waals surface area contributed by atoms with Gasteiger partial charge in [0.15, 0.2) is 0 Å². The number of hydrogen-bond acceptors (Lipinski definition) is 2. The summed E-state index contributed by atoms with van der Waals surface area (Å²) in [5, 5.41) is 6.95. The van der Waals surface area contributed by atoms with Crippen LogP contribution in [0.25, 0.3) is 0 Å². The molecule has 1 rings (SSSR count). The largest absolute Gasteiger partial charge is 0.487 e. The molecule has 2 heteroatoms. The maximum Gasteiger partial charge on any atom is 0.125 e. The first-order valence-electron chi connectivity index (χ1n) is 5.29. The maximum atomic E-state index is 6.95. The van der Waals surface area contributed by atoms with Gasteiger partial charge in [-0.05, 0) is 36.5 Å². The summed E-state index contributed by atoms with van der Waals surface area (Å²) in [5.41, 5.74) is 3.65. The van der Waals surface area contributed by atoms with Gasteiger partial charge in [0.05, 0.1) is 0 Å². The first kappa shape index (κ1) is 11.8. The van der Waals surface area contributed by atoms with E-state index in [-0.39, 0.29) is 0 Å². The fraction of sp³-hybridized carbons (Fsp3) is 0.462. The summed E-state index contributed by atoms with van der Waals surface area (Å²) in [7, 11) is 0. The quantitative estimate of drug-likeness (QED) is 0.750. The van der Waals surface area contributed by atoms with E-state index in [1.54, 1.807) is 0 Å². The normalized spacial score (nSPS) is 10.5. The second-order valence-corrected chi connectivity index (χ2v) is 4.15. The topological polar surface area (TPSA) is 33.1 Å². The van der Waals surface area contributed by atoms with Crippen molar-refractivity contribution in [2.24, 2.45) is 0 Å². The molecule has 0 bridgehead atoms. The molecular formula is C13H19NO. The van der Waals surface area contributed by atoms with Crippen molar-refractivity contribution in [3.8, 4) is 5.75 Å². The van der Waals surface area contributed by atoms with Crippen LogP contribution < -0.4 is 4.74 Å². The SMILES string of the molecule is Cc1cc(C(C)C)cc(C)c1OCC=N. The Kier molecular flexibility index (Phi) is 3.89. The highest BCUT2D eigenvalue weighted by Gasteiger charge is 2.07. The van der Waals surface area contributed by atoms with E-state index in [1.807, 2.05) is 0 Å². The fourth-order valence-electron chi connectivity index (χ4n) is 1.67. The molecule has 0 aliphatic carbocycles. The third kappa shape index (κ3) is 2.82. The zero-order chi connectivity index (χ0) is 11.4. The minimum absolute atomic E-state index is 0.350. The summed E-state index contributed by atoms with van der Waals surface area (Å²) in [4.78, 5) is 0. The second-order valence-electron chi connectivity index (χ2n) is 4.15. The van der Waals surface area contributed by atoms with Crippen molar-refractivity contribution in [3.63, 3.8) is 0 Å². The van der Waals surface area contributed by atoms with Gasteiger partial charge in [0.25, 0.3) is 0 Å². The van der Waals surface area contributed by atoms with Gasteiger partial charge in [-0.1, -0.05) is 26.0 Å². The van der Waals surface area contributed by atoms with Crippen molar-refractivity contribution in [1.29, 1.82) is 5.41 Å². The molecule has 0 aliphatic heterocycles. The fourth-order valence-corrected chi connectivity index (χ4v) is 1.67. The van der Waals surface area contributed by atoms with Crippen LogP contribution in [0.5, 0.6) is 5.75 Å². The van der Waals surface area contributed by atoms with Crippen LogP contribution in [0.15, 0.2) is 12.1 Å². The van der Waals surface area contributed by atoms with Crippen LogP contribution >= 0.6 is 0 Å². The molecule has 1 N–H and O–H groups in total. The lowest BCUT2D eigenvalue weighted by atomic mass is 9.98. The highest BCUT2D eigenvalue weighted by molar-refractivity contribution is 5.55. The van der Waals surface area contributed by atoms with Crippen molar-refractivity contribution < 1.29 is 4.74 Å². The minimum Gasteiger partial charge on any atom is -0.487 e. The number of hydrogen-bond donors (Lipinski definition) is 1. The average molecular weight is 205 g/mol. The molecule has 1 aromatic carbocycles. The van der Waals surface area contributed by atoms with Gasteiger partial charge >= 0.3 is 0 Å². The predicted molar refractivity (Wildman–Crippen MR) is 64.3 cm³/mol. The molecule has 0 aliphatic rings. The van der Waals surface area contributed by atoms with Gasteiger partial charge in [0.1, 0.15) is 12.4 Å². The summed E-state index contributed by atoms with van der Waals surface area (Å²) in [5.74, 6) is 1.46. The number of nitrogens with one attached hydrogen (secondary N) is 1. The number of benzene rings is 1. The first-order chi connectivity index (χ1) is 7.06. The van der Waals surface area contributed by atoms with Gasteiger partial charge in [0, 0.05) is 6.21 Å². The van der Waals surface area contributed by atoms with Gasteiger partial charge in [0.2, 0.25) is 0 Å². The van der Waals surface area contributed by atoms with Crippen LogP contribution in [0.2, 0.25) is 0 Å². The monoisotopic (exact) mass is 205 g/mol. The Morgan fingerprint density at radius 1 is 1.27 bits per heavy atom. The lowest BCUT2D eigenvalue weighted by Gasteiger charge is -2.14. The Morgan fingerprint density at radius 2 is 1.80 bits per heavy atom. The number of ether oxygens (including phenoxy) is 1. The van der Waals surface area contributed by atoms with Crippen molar-refractivity contribution in [2.45, 2.75) is 33.6 Å². The Bertz CT molecular complexity index is 333. The summed E-state index contributed by atoms with van der Waals surface area (Å²) < 4.78 is 5.51. The molecule has 0 saturated heterocycles. The van der Waals surface area contributed by atoms with Crippen molar-refractivity contribution in [3.05, 3.63) is 28.8 Å². The van der Waals surface area contributed by atoms with Gasteiger partial charge in [-0.25, -0.2) is 0 Å². The van der Waals surface area contributed by atoms with E-state index in [4.69, 9.17) is 10.1 Å². The van der Waals surface area contributed by atoms with Gasteiger partial charge in [-0.2, -0.15) is 0 Å². The smallest absolute Gasteiger partial charge is 0.125 e. The molecule has 0 amide bonds. The first-order valence-corrected chi connectivity index (χ1v) is 5.29. The Hall–Kier alpha value is -1.31. The molecular weight excluding hydrogens is 186 g/mol. The summed E-state index contributed by atoms with van der Waals surface area (Å²) in [6.45, 7) is 8.83. The minimum atomic E-state index is 0.350. The summed E-state index contributed by atoms with van der Waals surface area (Å²) in [6.07, 6.45) is 1.27. The van der Waals surface area contributed by atoms with Gasteiger partial charge in [-0.15, -0.1) is 0 Å². The molecule has 0 fully saturated rings. The predicted octanol–water partition coefficient (Wildman–Crippen LogP) is 3.46. The van der Waals surface area contributed by atoms with Crippen molar-refractivity contribution in [2.75, 3.05) is 6.61 Å². The number of aryl methyl sites for hydroxylation is 2. The molecule has 82 valence electrons. The second kappa shape index (κ2) is 4.96. The van der Waals surface area contributed by atoms with E-state index in [9.17, 15) is 0 Å². The van der Waals surface area contributed by atoms with Crippen LogP contribution in [0, 0.1) is 19.3 Å². The number of rotatable bonds is 4. The zero-order valence-electron chi connectivity index (χ0n) is 9.92. The zero-order valence-corrected chi connectivity index (χ0v) is 9.92. The molecule has 0 aromatic heterocycles. The molecule has 0 spiro atoms. The Balaban J connectivity index is 3.03. The van der Waals surface area contributed by atoms with E-state index in [0.717, 1.165) is 16.9 Å². The van der Waals surface area contributed by atoms with Gasteiger partial charge < -0.3 is 10.1 Å². The average Bonchev–Trinajstić information content (AvgIpc) is 2.16. The standard InChI is InChI=1S/C13H19NO/c1-9(2)12-7-10(3)13(11(4)8-12)15-6-5-14/h5,7-9,14H,6H2,1-4H3. The summed E-state index contributed by atoms with van der Waals surface area (Å²) >= 11 is 0. The molecule has 1 aromatic rings. The van der Waals surface area contributed by atoms with Crippen LogP contribution in [-0.2, 0) is 0 Å². The molecule has 0 unspecified atom stereocenters. The highest BCUT2D eigenvalue weighted by atomic mass is 16.5. The van der Waals surface area contributed by atoms with Crippen molar-refractivity contribution >= 4 is 6.21 Å². The lowest BCUT2D eigenvalue weighted by molar-refractivity contribution is 0.374. The van der Waals surface area contributed by atoms with Crippen LogP contribution in [0.3, 0.4) is 0 Å². The lowest BCUT2D eigenvalue weighted by Crippen LogP contribution is -2.02. The van der Waals surface area contributed by atoms with E-state index in [0.29, 0.717) is 12.5 Å². The van der Waals surface area contributed by atoms with Crippen molar-refractivity contribution in [1.82, 2.24) is 0 Å². The van der Waals surface area contributed by atoms with Crippen LogP contribution in [0.1, 0.15) is 36.5 Å². The van der Waals surface area contributed by atoms with Crippen LogP contribution in [0.4, 0.5) is 0 Å². The Labute approximate surface area is 91.8 Å². The molecule has 0 heterocycles. The summed E-state index contributed by atoms with van der Waals surface area (Å²) in [6, 6.07) is 4.33. The molecule has 2 nitrogen and oxygen atoms in total.